The molecule has 0 aliphatic carbocycles. The summed E-state index contributed by atoms with van der Waals surface area (Å²) in [5.74, 6) is 0.844. The quantitative estimate of drug-likeness (QED) is 0.783. The fraction of sp³-hybridized carbons (Fsp3) is 0.278. The molecule has 3 heterocycles. The molecule has 1 N–H and O–H groups in total. The molecule has 0 fully saturated rings. The number of fused-ring (bicyclic) bond motifs is 2. The summed E-state index contributed by atoms with van der Waals surface area (Å²) in [6, 6.07) is 7.97. The molecule has 0 saturated carbocycles. The van der Waals surface area contributed by atoms with Gasteiger partial charge in [0.05, 0.1) is 6.61 Å². The lowest BCUT2D eigenvalue weighted by Crippen LogP contribution is -2.35. The Morgan fingerprint density at radius 2 is 2.28 bits per heavy atom. The fourth-order valence-electron chi connectivity index (χ4n) is 2.99. The van der Waals surface area contributed by atoms with E-state index in [9.17, 15) is 4.79 Å². The third-order valence-electron chi connectivity index (χ3n) is 4.27. The van der Waals surface area contributed by atoms with E-state index >= 15 is 0 Å². The summed E-state index contributed by atoms with van der Waals surface area (Å²) >= 11 is 6.26. The van der Waals surface area contributed by atoms with E-state index in [1.165, 1.54) is 10.1 Å². The predicted octanol–water partition coefficient (Wildman–Crippen LogP) is 2.67. The number of halogens is 1. The number of carbonyl (C=O) groups excluding carboxylic acids is 1. The van der Waals surface area contributed by atoms with Crippen LogP contribution < -0.4 is 10.1 Å². The number of hydrogen-bond acceptors (Lipinski definition) is 4. The van der Waals surface area contributed by atoms with Crippen molar-refractivity contribution in [1.29, 1.82) is 0 Å². The average molecular weight is 357 g/mol. The molecule has 1 aliphatic heterocycles. The number of para-hydroxylation sites is 1. The van der Waals surface area contributed by atoms with Gasteiger partial charge in [-0.3, -0.25) is 4.79 Å². The molecule has 0 unspecified atom stereocenters. The molecule has 7 heteroatoms. The van der Waals surface area contributed by atoms with Crippen molar-refractivity contribution in [3.63, 3.8) is 0 Å². The predicted molar refractivity (Wildman–Crippen MR) is 94.2 cm³/mol. The molecule has 1 aliphatic rings. The van der Waals surface area contributed by atoms with Gasteiger partial charge in [-0.1, -0.05) is 29.8 Å². The average Bonchev–Trinajstić information content (AvgIpc) is 2.95. The monoisotopic (exact) mass is 356 g/mol. The number of hydrogen-bond donors (Lipinski definition) is 1. The molecular weight excluding hydrogens is 340 g/mol. The first-order chi connectivity index (χ1) is 12.1. The van der Waals surface area contributed by atoms with Gasteiger partial charge in [-0.05, 0) is 30.5 Å². The summed E-state index contributed by atoms with van der Waals surface area (Å²) in [4.78, 5) is 16.7. The zero-order valence-corrected chi connectivity index (χ0v) is 14.5. The summed E-state index contributed by atoms with van der Waals surface area (Å²) in [6.07, 6.45) is 4.36. The summed E-state index contributed by atoms with van der Waals surface area (Å²) < 4.78 is 7.29. The number of ether oxygens (including phenoxy) is 1. The van der Waals surface area contributed by atoms with Gasteiger partial charge in [-0.25, -0.2) is 9.50 Å². The molecule has 4 rings (SSSR count). The van der Waals surface area contributed by atoms with E-state index in [-0.39, 0.29) is 22.5 Å². The Morgan fingerprint density at radius 1 is 1.44 bits per heavy atom. The van der Waals surface area contributed by atoms with Gasteiger partial charge >= 0.3 is 0 Å². The third-order valence-corrected chi connectivity index (χ3v) is 4.62. The third kappa shape index (κ3) is 3.05. The molecule has 0 saturated heterocycles. The normalized spacial score (nSPS) is 16.3. The van der Waals surface area contributed by atoms with Gasteiger partial charge in [0.25, 0.3) is 5.91 Å². The number of rotatable bonds is 3. The highest BCUT2D eigenvalue weighted by molar-refractivity contribution is 6.36. The molecule has 128 valence electrons. The Balaban J connectivity index is 1.45. The minimum absolute atomic E-state index is 0.192. The Hall–Kier alpha value is -2.60. The van der Waals surface area contributed by atoms with E-state index in [0.29, 0.717) is 18.8 Å². The van der Waals surface area contributed by atoms with Crippen molar-refractivity contribution >= 4 is 23.2 Å². The summed E-state index contributed by atoms with van der Waals surface area (Å²) in [7, 11) is 0. The first kappa shape index (κ1) is 15.9. The summed E-state index contributed by atoms with van der Waals surface area (Å²) in [6.45, 7) is 2.99. The van der Waals surface area contributed by atoms with Crippen molar-refractivity contribution in [1.82, 2.24) is 19.9 Å². The van der Waals surface area contributed by atoms with Crippen LogP contribution in [-0.2, 0) is 6.42 Å². The van der Waals surface area contributed by atoms with Crippen LogP contribution in [0.4, 0.5) is 0 Å². The largest absolute Gasteiger partial charge is 0.493 e. The zero-order valence-electron chi connectivity index (χ0n) is 13.7. The maximum Gasteiger partial charge on any atom is 0.273 e. The standard InChI is InChI=1S/C18H17ClN4O2/c1-11-7-20-17-15(19)16(22-23(17)9-11)18(24)21-8-12-6-13-4-2-3-5-14(13)25-10-12/h2-5,7,9,12H,6,8,10H2,1H3,(H,21,24)/t12-/m1/s1. The molecule has 0 spiro atoms. The van der Waals surface area contributed by atoms with E-state index in [2.05, 4.69) is 21.5 Å². The van der Waals surface area contributed by atoms with Crippen molar-refractivity contribution in [3.8, 4) is 5.75 Å². The van der Waals surface area contributed by atoms with Crippen molar-refractivity contribution in [3.05, 3.63) is 58.5 Å². The van der Waals surface area contributed by atoms with E-state index in [0.717, 1.165) is 17.7 Å². The Morgan fingerprint density at radius 3 is 3.16 bits per heavy atom. The van der Waals surface area contributed by atoms with Crippen LogP contribution in [0.1, 0.15) is 21.6 Å². The van der Waals surface area contributed by atoms with E-state index < -0.39 is 0 Å². The van der Waals surface area contributed by atoms with Gasteiger partial charge in [0, 0.05) is 24.9 Å². The Bertz CT molecular complexity index is 953. The van der Waals surface area contributed by atoms with Crippen LogP contribution in [0, 0.1) is 12.8 Å². The molecule has 2 aromatic heterocycles. The van der Waals surface area contributed by atoms with Gasteiger partial charge < -0.3 is 10.1 Å². The van der Waals surface area contributed by atoms with Crippen LogP contribution in [0.5, 0.6) is 5.75 Å². The number of aromatic nitrogens is 3. The number of nitrogens with one attached hydrogen (secondary N) is 1. The van der Waals surface area contributed by atoms with Crippen LogP contribution in [0.3, 0.4) is 0 Å². The van der Waals surface area contributed by atoms with Crippen molar-refractivity contribution in [2.45, 2.75) is 13.3 Å². The molecular formula is C18H17ClN4O2. The minimum atomic E-state index is -0.299. The maximum absolute atomic E-state index is 12.5. The second-order valence-electron chi connectivity index (χ2n) is 6.26. The SMILES string of the molecule is Cc1cnc2c(Cl)c(C(=O)NC[C@@H]3COc4ccccc4C3)nn2c1. The first-order valence-corrected chi connectivity index (χ1v) is 8.49. The van der Waals surface area contributed by atoms with Gasteiger partial charge in [-0.2, -0.15) is 5.10 Å². The van der Waals surface area contributed by atoms with Gasteiger partial charge in [0.15, 0.2) is 11.3 Å². The lowest BCUT2D eigenvalue weighted by atomic mass is 9.97. The van der Waals surface area contributed by atoms with Gasteiger partial charge in [0.1, 0.15) is 10.8 Å². The number of amides is 1. The van der Waals surface area contributed by atoms with Crippen LogP contribution >= 0.6 is 11.6 Å². The second kappa shape index (κ2) is 6.37. The molecule has 0 radical (unpaired) electrons. The second-order valence-corrected chi connectivity index (χ2v) is 6.64. The minimum Gasteiger partial charge on any atom is -0.493 e. The van der Waals surface area contributed by atoms with E-state index in [1.807, 2.05) is 25.1 Å². The van der Waals surface area contributed by atoms with Crippen molar-refractivity contribution in [2.24, 2.45) is 5.92 Å². The molecule has 1 aromatic carbocycles. The van der Waals surface area contributed by atoms with E-state index in [4.69, 9.17) is 16.3 Å². The Kier molecular flexibility index (Phi) is 4.05. The van der Waals surface area contributed by atoms with Crippen molar-refractivity contribution in [2.75, 3.05) is 13.2 Å². The molecule has 6 nitrogen and oxygen atoms in total. The van der Waals surface area contributed by atoms with Gasteiger partial charge in [-0.15, -0.1) is 0 Å². The summed E-state index contributed by atoms with van der Waals surface area (Å²) in [5, 5.41) is 7.43. The molecule has 1 atom stereocenters. The highest BCUT2D eigenvalue weighted by Crippen LogP contribution is 2.26. The zero-order chi connectivity index (χ0) is 17.4. The van der Waals surface area contributed by atoms with Crippen LogP contribution in [0.25, 0.3) is 5.65 Å². The van der Waals surface area contributed by atoms with Crippen LogP contribution in [0.2, 0.25) is 5.02 Å². The van der Waals surface area contributed by atoms with E-state index in [1.54, 1.807) is 12.4 Å². The molecule has 3 aromatic rings. The topological polar surface area (TPSA) is 68.5 Å². The van der Waals surface area contributed by atoms with Crippen LogP contribution in [0.15, 0.2) is 36.7 Å². The summed E-state index contributed by atoms with van der Waals surface area (Å²) in [5.41, 5.74) is 2.78. The number of carbonyl (C=O) groups is 1. The smallest absolute Gasteiger partial charge is 0.273 e. The number of benzene rings is 1. The highest BCUT2D eigenvalue weighted by atomic mass is 35.5. The molecule has 1 amide bonds. The van der Waals surface area contributed by atoms with Gasteiger partial charge in [0.2, 0.25) is 0 Å². The first-order valence-electron chi connectivity index (χ1n) is 8.11. The highest BCUT2D eigenvalue weighted by Gasteiger charge is 2.23. The lowest BCUT2D eigenvalue weighted by Gasteiger charge is -2.25. The molecule has 25 heavy (non-hydrogen) atoms. The number of aryl methyl sites for hydroxylation is 1. The Labute approximate surface area is 149 Å². The van der Waals surface area contributed by atoms with Crippen LogP contribution in [-0.4, -0.2) is 33.7 Å². The molecule has 0 bridgehead atoms. The maximum atomic E-state index is 12.5. The van der Waals surface area contributed by atoms with Crippen molar-refractivity contribution < 1.29 is 9.53 Å². The number of nitrogens with zero attached hydrogens (tertiary/aromatic N) is 3. The fourth-order valence-corrected chi connectivity index (χ4v) is 3.25. The lowest BCUT2D eigenvalue weighted by molar-refractivity contribution is 0.0934.